The van der Waals surface area contributed by atoms with Gasteiger partial charge in [0.15, 0.2) is 0 Å². The summed E-state index contributed by atoms with van der Waals surface area (Å²) in [5.41, 5.74) is 6.47. The van der Waals surface area contributed by atoms with Gasteiger partial charge < -0.3 is 5.73 Å². The number of nitrogens with two attached hydrogens (primary N) is 1. The fraction of sp³-hybridized carbons (Fsp3) is 0.167. The van der Waals surface area contributed by atoms with Crippen molar-refractivity contribution in [2.24, 2.45) is 0 Å². The molecule has 17 heavy (non-hydrogen) atoms. The zero-order valence-corrected chi connectivity index (χ0v) is 10.2. The number of nitrogen functional groups attached to an aromatic ring is 1. The number of nitrogens with zero attached hydrogens (tertiary/aromatic N) is 2. The summed E-state index contributed by atoms with van der Waals surface area (Å²) in [7, 11) is 0. The zero-order valence-electron chi connectivity index (χ0n) is 9.35. The lowest BCUT2D eigenvalue weighted by Gasteiger charge is -2.03. The van der Waals surface area contributed by atoms with E-state index in [0.29, 0.717) is 17.4 Å². The molecule has 0 spiro atoms. The molecule has 0 saturated carbocycles. The van der Waals surface area contributed by atoms with Crippen molar-refractivity contribution in [1.29, 1.82) is 0 Å². The minimum Gasteiger partial charge on any atom is -0.384 e. The van der Waals surface area contributed by atoms with Gasteiger partial charge in [-0.25, -0.2) is 14.4 Å². The van der Waals surface area contributed by atoms with Crippen LogP contribution >= 0.6 is 11.8 Å². The number of halogens is 1. The monoisotopic (exact) mass is 249 g/mol. The first-order valence-electron chi connectivity index (χ1n) is 5.12. The van der Waals surface area contributed by atoms with E-state index in [1.165, 1.54) is 23.9 Å². The van der Waals surface area contributed by atoms with Gasteiger partial charge in [-0.3, -0.25) is 0 Å². The molecule has 1 aromatic carbocycles. The summed E-state index contributed by atoms with van der Waals surface area (Å²) in [6.45, 7) is 1.87. The van der Waals surface area contributed by atoms with Crippen LogP contribution in [0.2, 0.25) is 0 Å². The van der Waals surface area contributed by atoms with Gasteiger partial charge in [0.2, 0.25) is 0 Å². The maximum Gasteiger partial charge on any atom is 0.141 e. The number of aryl methyl sites for hydroxylation is 1. The van der Waals surface area contributed by atoms with E-state index in [9.17, 15) is 4.39 Å². The molecule has 0 aliphatic carbocycles. The molecule has 88 valence electrons. The Balaban J connectivity index is 2.07. The topological polar surface area (TPSA) is 51.8 Å². The second-order valence-corrected chi connectivity index (χ2v) is 4.65. The standard InChI is InChI=1S/C12H12FN3S/c1-8-5-11(14)16-12(15-8)7-17-10-4-2-3-9(13)6-10/h2-6H,7H2,1H3,(H2,14,15,16). The summed E-state index contributed by atoms with van der Waals surface area (Å²) >= 11 is 1.48. The minimum atomic E-state index is -0.236. The van der Waals surface area contributed by atoms with Crippen molar-refractivity contribution >= 4 is 17.6 Å². The lowest BCUT2D eigenvalue weighted by atomic mass is 10.4. The van der Waals surface area contributed by atoms with Gasteiger partial charge in [0.25, 0.3) is 0 Å². The summed E-state index contributed by atoms with van der Waals surface area (Å²) in [6, 6.07) is 8.17. The minimum absolute atomic E-state index is 0.236. The van der Waals surface area contributed by atoms with Gasteiger partial charge in [-0.1, -0.05) is 6.07 Å². The number of rotatable bonds is 3. The molecule has 0 unspecified atom stereocenters. The van der Waals surface area contributed by atoms with Gasteiger partial charge in [0, 0.05) is 16.7 Å². The quantitative estimate of drug-likeness (QED) is 0.850. The molecular formula is C12H12FN3S. The summed E-state index contributed by atoms with van der Waals surface area (Å²) in [5.74, 6) is 1.47. The third-order valence-electron chi connectivity index (χ3n) is 2.08. The lowest BCUT2D eigenvalue weighted by Crippen LogP contribution is -1.99. The Morgan fingerprint density at radius 1 is 1.29 bits per heavy atom. The van der Waals surface area contributed by atoms with Crippen molar-refractivity contribution < 1.29 is 4.39 Å². The number of anilines is 1. The summed E-state index contributed by atoms with van der Waals surface area (Å²) in [6.07, 6.45) is 0. The number of thioether (sulfide) groups is 1. The summed E-state index contributed by atoms with van der Waals surface area (Å²) in [4.78, 5) is 9.24. The molecule has 2 rings (SSSR count). The summed E-state index contributed by atoms with van der Waals surface area (Å²) < 4.78 is 13.0. The first-order valence-corrected chi connectivity index (χ1v) is 6.10. The van der Waals surface area contributed by atoms with Crippen LogP contribution in [0.5, 0.6) is 0 Å². The van der Waals surface area contributed by atoms with E-state index in [4.69, 9.17) is 5.73 Å². The van der Waals surface area contributed by atoms with Gasteiger partial charge in [-0.2, -0.15) is 0 Å². The van der Waals surface area contributed by atoms with Crippen LogP contribution in [-0.2, 0) is 5.75 Å². The molecule has 0 bridgehead atoms. The summed E-state index contributed by atoms with van der Waals surface area (Å²) in [5, 5.41) is 0. The molecular weight excluding hydrogens is 237 g/mol. The highest BCUT2D eigenvalue weighted by molar-refractivity contribution is 7.98. The average Bonchev–Trinajstić information content (AvgIpc) is 2.25. The van der Waals surface area contributed by atoms with Crippen molar-refractivity contribution in [2.75, 3.05) is 5.73 Å². The third kappa shape index (κ3) is 3.42. The molecule has 0 amide bonds. The molecule has 0 radical (unpaired) electrons. The maximum atomic E-state index is 13.0. The number of hydrogen-bond donors (Lipinski definition) is 1. The van der Waals surface area contributed by atoms with Gasteiger partial charge >= 0.3 is 0 Å². The van der Waals surface area contributed by atoms with E-state index >= 15 is 0 Å². The predicted octanol–water partition coefficient (Wildman–Crippen LogP) is 2.80. The van der Waals surface area contributed by atoms with Crippen LogP contribution in [0.1, 0.15) is 11.5 Å². The number of hydrogen-bond acceptors (Lipinski definition) is 4. The van der Waals surface area contributed by atoms with Gasteiger partial charge in [-0.15, -0.1) is 11.8 Å². The van der Waals surface area contributed by atoms with Crippen LogP contribution in [-0.4, -0.2) is 9.97 Å². The molecule has 0 saturated heterocycles. The molecule has 0 aliphatic rings. The highest BCUT2D eigenvalue weighted by Gasteiger charge is 2.02. The molecule has 0 aliphatic heterocycles. The molecule has 2 N–H and O–H groups in total. The van der Waals surface area contributed by atoms with Crippen LogP contribution in [0.3, 0.4) is 0 Å². The zero-order chi connectivity index (χ0) is 12.3. The fourth-order valence-corrected chi connectivity index (χ4v) is 2.22. The van der Waals surface area contributed by atoms with Gasteiger partial charge in [0.1, 0.15) is 17.5 Å². The first-order chi connectivity index (χ1) is 8.13. The van der Waals surface area contributed by atoms with Gasteiger partial charge in [-0.05, 0) is 25.1 Å². The number of aromatic nitrogens is 2. The fourth-order valence-electron chi connectivity index (χ4n) is 1.43. The molecule has 1 aromatic heterocycles. The Bertz CT molecular complexity index is 511. The SMILES string of the molecule is Cc1cc(N)nc(CSc2cccc(F)c2)n1. The van der Waals surface area contributed by atoms with Crippen molar-refractivity contribution in [3.63, 3.8) is 0 Å². The third-order valence-corrected chi connectivity index (χ3v) is 3.07. The highest BCUT2D eigenvalue weighted by atomic mass is 32.2. The molecule has 3 nitrogen and oxygen atoms in total. The van der Waals surface area contributed by atoms with E-state index in [1.807, 2.05) is 13.0 Å². The first kappa shape index (κ1) is 11.9. The van der Waals surface area contributed by atoms with Crippen LogP contribution < -0.4 is 5.73 Å². The van der Waals surface area contributed by atoms with Crippen molar-refractivity contribution in [3.8, 4) is 0 Å². The largest absolute Gasteiger partial charge is 0.384 e. The lowest BCUT2D eigenvalue weighted by molar-refractivity contribution is 0.624. The number of benzene rings is 1. The molecule has 5 heteroatoms. The van der Waals surface area contributed by atoms with Gasteiger partial charge in [0.05, 0.1) is 5.75 Å². The normalized spacial score (nSPS) is 10.5. The maximum absolute atomic E-state index is 13.0. The van der Waals surface area contributed by atoms with Crippen molar-refractivity contribution in [1.82, 2.24) is 9.97 Å². The second-order valence-electron chi connectivity index (χ2n) is 3.60. The van der Waals surface area contributed by atoms with Crippen LogP contribution in [0.15, 0.2) is 35.2 Å². The smallest absolute Gasteiger partial charge is 0.141 e. The van der Waals surface area contributed by atoms with Crippen LogP contribution in [0.25, 0.3) is 0 Å². The Morgan fingerprint density at radius 3 is 2.82 bits per heavy atom. The Kier molecular flexibility index (Phi) is 3.58. The van der Waals surface area contributed by atoms with Crippen LogP contribution in [0.4, 0.5) is 10.2 Å². The molecule has 2 aromatic rings. The van der Waals surface area contributed by atoms with Crippen molar-refractivity contribution in [3.05, 3.63) is 47.7 Å². The molecule has 0 fully saturated rings. The second kappa shape index (κ2) is 5.14. The van der Waals surface area contributed by atoms with Crippen molar-refractivity contribution in [2.45, 2.75) is 17.6 Å². The Hall–Kier alpha value is -1.62. The Morgan fingerprint density at radius 2 is 2.12 bits per heavy atom. The van der Waals surface area contributed by atoms with E-state index in [0.717, 1.165) is 10.6 Å². The Labute approximate surface area is 103 Å². The van der Waals surface area contributed by atoms with E-state index in [-0.39, 0.29) is 5.82 Å². The molecule has 1 heterocycles. The van der Waals surface area contributed by atoms with E-state index in [1.54, 1.807) is 12.1 Å². The van der Waals surface area contributed by atoms with Crippen LogP contribution in [0, 0.1) is 12.7 Å². The average molecular weight is 249 g/mol. The van der Waals surface area contributed by atoms with E-state index < -0.39 is 0 Å². The highest BCUT2D eigenvalue weighted by Crippen LogP contribution is 2.22. The van der Waals surface area contributed by atoms with E-state index in [2.05, 4.69) is 9.97 Å². The predicted molar refractivity (Wildman–Crippen MR) is 67.1 cm³/mol. The molecule has 0 atom stereocenters.